The second-order valence-electron chi connectivity index (χ2n) is 8.71. The summed E-state index contributed by atoms with van der Waals surface area (Å²) in [5, 5.41) is 13.1. The molecule has 0 radical (unpaired) electrons. The number of carbonyl (C=O) groups is 1. The summed E-state index contributed by atoms with van der Waals surface area (Å²) < 4.78 is 51.6. The van der Waals surface area contributed by atoms with Crippen molar-refractivity contribution in [3.8, 4) is 5.75 Å². The number of benzene rings is 1. The quantitative estimate of drug-likeness (QED) is 0.206. The maximum atomic E-state index is 15.5. The van der Waals surface area contributed by atoms with Gasteiger partial charge in [0.25, 0.3) is 5.56 Å². The van der Waals surface area contributed by atoms with E-state index in [4.69, 9.17) is 18.5 Å². The van der Waals surface area contributed by atoms with Gasteiger partial charge in [0.05, 0.1) is 13.2 Å². The second-order valence-corrected chi connectivity index (χ2v) is 10.4. The van der Waals surface area contributed by atoms with Crippen LogP contribution in [0.5, 0.6) is 5.75 Å². The highest BCUT2D eigenvalue weighted by molar-refractivity contribution is 7.52. The zero-order valence-electron chi connectivity index (χ0n) is 20.7. The fraction of sp³-hybridized carbons (Fsp3) is 0.522. The molecule has 37 heavy (non-hydrogen) atoms. The van der Waals surface area contributed by atoms with Crippen molar-refractivity contribution in [2.24, 2.45) is 0 Å². The predicted molar refractivity (Wildman–Crippen MR) is 130 cm³/mol. The molecule has 1 aliphatic rings. The number of H-pyrrole nitrogens is 1. The lowest BCUT2D eigenvalue weighted by Gasteiger charge is -2.25. The van der Waals surface area contributed by atoms with Gasteiger partial charge in [0.1, 0.15) is 24.0 Å². The van der Waals surface area contributed by atoms with Crippen molar-refractivity contribution in [3.63, 3.8) is 0 Å². The van der Waals surface area contributed by atoms with E-state index in [1.165, 1.54) is 19.1 Å². The van der Waals surface area contributed by atoms with Crippen molar-refractivity contribution in [1.29, 1.82) is 0 Å². The molecule has 2 aromatic rings. The van der Waals surface area contributed by atoms with Crippen LogP contribution in [0.4, 0.5) is 4.39 Å². The molecule has 0 aliphatic carbocycles. The third kappa shape index (κ3) is 7.14. The number of hydrogen-bond donors (Lipinski definition) is 3. The first-order valence-electron chi connectivity index (χ1n) is 11.7. The molecule has 2 heterocycles. The third-order valence-corrected chi connectivity index (χ3v) is 7.29. The summed E-state index contributed by atoms with van der Waals surface area (Å²) in [6.07, 6.45) is -2.30. The molecule has 1 saturated heterocycles. The highest BCUT2D eigenvalue weighted by atomic mass is 31.2. The van der Waals surface area contributed by atoms with Crippen LogP contribution in [-0.2, 0) is 23.4 Å². The first-order valence-corrected chi connectivity index (χ1v) is 13.3. The largest absolute Gasteiger partial charge is 0.465 e. The van der Waals surface area contributed by atoms with Gasteiger partial charge in [0.2, 0.25) is 0 Å². The number of carbonyl (C=O) groups excluding carboxylic acids is 1. The summed E-state index contributed by atoms with van der Waals surface area (Å²) in [5.74, 6) is -0.522. The fourth-order valence-electron chi connectivity index (χ4n) is 3.58. The van der Waals surface area contributed by atoms with Crippen molar-refractivity contribution in [2.75, 3.05) is 13.2 Å². The first-order chi connectivity index (χ1) is 17.5. The van der Waals surface area contributed by atoms with E-state index in [9.17, 15) is 24.1 Å². The zero-order chi connectivity index (χ0) is 27.2. The van der Waals surface area contributed by atoms with Gasteiger partial charge in [-0.25, -0.2) is 13.8 Å². The third-order valence-electron chi connectivity index (χ3n) is 5.65. The smallest absolute Gasteiger partial charge is 0.459 e. The van der Waals surface area contributed by atoms with Crippen molar-refractivity contribution >= 4 is 13.7 Å². The molecule has 0 spiro atoms. The van der Waals surface area contributed by atoms with Gasteiger partial charge in [-0.15, -0.1) is 0 Å². The number of unbranched alkanes of at least 4 members (excludes halogenated alkanes) is 1. The number of aliphatic hydroxyl groups is 1. The Balaban J connectivity index is 1.77. The van der Waals surface area contributed by atoms with Crippen LogP contribution in [0.15, 0.2) is 52.2 Å². The molecule has 0 saturated carbocycles. The van der Waals surface area contributed by atoms with E-state index in [0.29, 0.717) is 6.42 Å². The van der Waals surface area contributed by atoms with Crippen LogP contribution >= 0.6 is 7.75 Å². The number of rotatable bonds is 12. The lowest BCUT2D eigenvalue weighted by molar-refractivity contribution is -0.145. The van der Waals surface area contributed by atoms with Gasteiger partial charge in [-0.3, -0.25) is 23.7 Å². The van der Waals surface area contributed by atoms with Gasteiger partial charge in [-0.1, -0.05) is 31.5 Å². The summed E-state index contributed by atoms with van der Waals surface area (Å²) in [5.41, 5.74) is -4.11. The Labute approximate surface area is 212 Å². The molecular formula is C23H31FN3O9P. The number of para-hydroxylation sites is 1. The van der Waals surface area contributed by atoms with Crippen LogP contribution in [0.25, 0.3) is 0 Å². The number of nitrogens with zero attached hydrogens (tertiary/aromatic N) is 1. The van der Waals surface area contributed by atoms with Crippen LogP contribution in [-0.4, -0.2) is 57.8 Å². The predicted octanol–water partition coefficient (Wildman–Crippen LogP) is 2.05. The van der Waals surface area contributed by atoms with E-state index in [1.807, 2.05) is 11.9 Å². The maximum absolute atomic E-state index is 15.5. The monoisotopic (exact) mass is 543 g/mol. The Kier molecular flexibility index (Phi) is 9.43. The van der Waals surface area contributed by atoms with Gasteiger partial charge in [-0.2, -0.15) is 5.09 Å². The SMILES string of the molecule is CCCCOC(=O)C(C)NP(=O)(OC[C@H]1OC(n2ccc(=O)[nH]c2=O)[C@@](C)(F)[C@@H]1O)Oc1ccccc1. The molecule has 1 fully saturated rings. The minimum absolute atomic E-state index is 0.158. The Morgan fingerprint density at radius 3 is 2.68 bits per heavy atom. The average Bonchev–Trinajstić information content (AvgIpc) is 3.07. The molecule has 0 bridgehead atoms. The van der Waals surface area contributed by atoms with Gasteiger partial charge in [0.15, 0.2) is 11.9 Å². The molecule has 6 atom stereocenters. The maximum Gasteiger partial charge on any atom is 0.459 e. The summed E-state index contributed by atoms with van der Waals surface area (Å²) >= 11 is 0. The van der Waals surface area contributed by atoms with Gasteiger partial charge >= 0.3 is 19.4 Å². The highest BCUT2D eigenvalue weighted by Crippen LogP contribution is 2.47. The van der Waals surface area contributed by atoms with Gasteiger partial charge in [-0.05, 0) is 32.4 Å². The molecule has 3 rings (SSSR count). The fourth-order valence-corrected chi connectivity index (χ4v) is 5.08. The molecule has 14 heteroatoms. The molecule has 0 amide bonds. The van der Waals surface area contributed by atoms with Crippen molar-refractivity contribution in [1.82, 2.24) is 14.6 Å². The number of nitrogens with one attached hydrogen (secondary N) is 2. The van der Waals surface area contributed by atoms with Crippen molar-refractivity contribution in [2.45, 2.75) is 63.8 Å². The van der Waals surface area contributed by atoms with Crippen LogP contribution in [0.1, 0.15) is 39.8 Å². The Morgan fingerprint density at radius 1 is 1.32 bits per heavy atom. The van der Waals surface area contributed by atoms with Crippen LogP contribution in [0, 0.1) is 0 Å². The van der Waals surface area contributed by atoms with Crippen LogP contribution in [0.2, 0.25) is 0 Å². The molecule has 204 valence electrons. The number of alkyl halides is 1. The number of aromatic nitrogens is 2. The molecule has 1 aliphatic heterocycles. The Morgan fingerprint density at radius 2 is 2.03 bits per heavy atom. The number of esters is 1. The molecular weight excluding hydrogens is 512 g/mol. The topological polar surface area (TPSA) is 158 Å². The Hall–Kier alpha value is -2.83. The molecule has 3 unspecified atom stereocenters. The summed E-state index contributed by atoms with van der Waals surface area (Å²) in [6.45, 7) is 3.92. The molecule has 12 nitrogen and oxygen atoms in total. The van der Waals surface area contributed by atoms with E-state index in [0.717, 1.165) is 30.2 Å². The van der Waals surface area contributed by atoms with Crippen molar-refractivity contribution in [3.05, 3.63) is 63.4 Å². The van der Waals surface area contributed by atoms with E-state index in [-0.39, 0.29) is 12.4 Å². The van der Waals surface area contributed by atoms with Gasteiger partial charge < -0.3 is 19.1 Å². The number of aliphatic hydroxyl groups excluding tert-OH is 1. The van der Waals surface area contributed by atoms with Crippen LogP contribution in [0.3, 0.4) is 0 Å². The summed E-state index contributed by atoms with van der Waals surface area (Å²) in [6, 6.07) is 7.91. The van der Waals surface area contributed by atoms with Crippen molar-refractivity contribution < 1.29 is 37.4 Å². The minimum atomic E-state index is -4.30. The number of ether oxygens (including phenoxy) is 2. The second kappa shape index (κ2) is 12.1. The Bertz CT molecular complexity index is 1220. The summed E-state index contributed by atoms with van der Waals surface area (Å²) in [4.78, 5) is 37.8. The van der Waals surface area contributed by atoms with Crippen LogP contribution < -0.4 is 20.9 Å². The zero-order valence-corrected chi connectivity index (χ0v) is 21.6. The number of aromatic amines is 1. The van der Waals surface area contributed by atoms with E-state index in [2.05, 4.69) is 5.09 Å². The lowest BCUT2D eigenvalue weighted by Crippen LogP contribution is -2.43. The first kappa shape index (κ1) is 28.7. The number of hydrogen-bond acceptors (Lipinski definition) is 9. The summed E-state index contributed by atoms with van der Waals surface area (Å²) in [7, 11) is -4.30. The molecule has 3 N–H and O–H groups in total. The average molecular weight is 543 g/mol. The van der Waals surface area contributed by atoms with E-state index in [1.54, 1.807) is 18.2 Å². The minimum Gasteiger partial charge on any atom is -0.465 e. The van der Waals surface area contributed by atoms with E-state index >= 15 is 4.39 Å². The highest BCUT2D eigenvalue weighted by Gasteiger charge is 2.55. The molecule has 1 aromatic carbocycles. The molecule has 1 aromatic heterocycles. The van der Waals surface area contributed by atoms with E-state index < -0.39 is 61.7 Å². The van der Waals surface area contributed by atoms with Gasteiger partial charge in [0, 0.05) is 12.3 Å². The standard InChI is InChI=1S/C23H31FN3O9P/c1-4-5-13-33-20(30)15(2)26-37(32,36-16-9-7-6-8-10-16)34-14-17-19(29)23(3,24)21(35-17)27-12-11-18(28)25-22(27)31/h6-12,15,17,19,21,29H,4-5,13-14H2,1-3H3,(H,26,32)(H,25,28,31)/t15?,17-,19-,21?,23+,37?/m1/s1. The normalized spacial score (nSPS) is 25.8. The lowest BCUT2D eigenvalue weighted by atomic mass is 9.98. The number of halogens is 1.